The molecule has 1 heterocycles. The van der Waals surface area contributed by atoms with Gasteiger partial charge in [-0.3, -0.25) is 4.90 Å². The van der Waals surface area contributed by atoms with Crippen molar-refractivity contribution in [2.24, 2.45) is 0 Å². The van der Waals surface area contributed by atoms with E-state index in [1.54, 1.807) is 0 Å². The molecule has 0 aromatic heterocycles. The predicted molar refractivity (Wildman–Crippen MR) is 38.6 cm³/mol. The highest BCUT2D eigenvalue weighted by Gasteiger charge is 2.20. The molecule has 0 radical (unpaired) electrons. The summed E-state index contributed by atoms with van der Waals surface area (Å²) in [5.74, 6) is 0. The summed E-state index contributed by atoms with van der Waals surface area (Å²) in [6, 6.07) is 0. The molecule has 0 spiro atoms. The molecule has 1 unspecified atom stereocenters. The van der Waals surface area contributed by atoms with Gasteiger partial charge in [0.25, 0.3) is 0 Å². The van der Waals surface area contributed by atoms with Crippen LogP contribution < -0.4 is 0 Å². The molecule has 1 saturated heterocycles. The molecule has 58 valence electrons. The summed E-state index contributed by atoms with van der Waals surface area (Å²) < 4.78 is 5.20. The molecule has 1 aliphatic rings. The minimum absolute atomic E-state index is 0.0138. The SMILES string of the molecule is C=CCN1COC(CO)C1. The minimum atomic E-state index is 0.0138. The molecule has 0 aliphatic carbocycles. The van der Waals surface area contributed by atoms with Crippen molar-refractivity contribution in [2.45, 2.75) is 6.10 Å². The molecule has 0 bridgehead atoms. The molecule has 1 rings (SSSR count). The summed E-state index contributed by atoms with van der Waals surface area (Å²) in [4.78, 5) is 2.09. The van der Waals surface area contributed by atoms with Crippen LogP contribution in [0.1, 0.15) is 0 Å². The molecule has 1 fully saturated rings. The van der Waals surface area contributed by atoms with Crippen molar-refractivity contribution >= 4 is 0 Å². The fourth-order valence-corrected chi connectivity index (χ4v) is 1.02. The summed E-state index contributed by atoms with van der Waals surface area (Å²) in [5, 5.41) is 8.67. The van der Waals surface area contributed by atoms with Gasteiger partial charge in [-0.05, 0) is 0 Å². The van der Waals surface area contributed by atoms with Gasteiger partial charge in [-0.25, -0.2) is 0 Å². The zero-order chi connectivity index (χ0) is 7.40. The normalized spacial score (nSPS) is 27.1. The van der Waals surface area contributed by atoms with Crippen molar-refractivity contribution in [3.8, 4) is 0 Å². The largest absolute Gasteiger partial charge is 0.394 e. The second-order valence-corrected chi connectivity index (χ2v) is 2.42. The highest BCUT2D eigenvalue weighted by Crippen LogP contribution is 2.05. The van der Waals surface area contributed by atoms with Gasteiger partial charge < -0.3 is 9.84 Å². The zero-order valence-electron chi connectivity index (χ0n) is 5.99. The lowest BCUT2D eigenvalue weighted by Gasteiger charge is -2.08. The van der Waals surface area contributed by atoms with Crippen molar-refractivity contribution in [3.63, 3.8) is 0 Å². The molecule has 1 aliphatic heterocycles. The fourth-order valence-electron chi connectivity index (χ4n) is 1.02. The monoisotopic (exact) mass is 143 g/mol. The molecule has 1 atom stereocenters. The Morgan fingerprint density at radius 2 is 2.60 bits per heavy atom. The molecule has 0 aromatic carbocycles. The lowest BCUT2D eigenvalue weighted by molar-refractivity contribution is 0.0533. The van der Waals surface area contributed by atoms with Gasteiger partial charge in [-0.15, -0.1) is 6.58 Å². The minimum Gasteiger partial charge on any atom is -0.394 e. The zero-order valence-corrected chi connectivity index (χ0v) is 5.99. The highest BCUT2D eigenvalue weighted by molar-refractivity contribution is 4.77. The number of hydrogen-bond donors (Lipinski definition) is 1. The molecular weight excluding hydrogens is 130 g/mol. The fraction of sp³-hybridized carbons (Fsp3) is 0.714. The summed E-state index contributed by atoms with van der Waals surface area (Å²) in [7, 11) is 0. The van der Waals surface area contributed by atoms with Crippen LogP contribution in [0.25, 0.3) is 0 Å². The molecule has 0 saturated carbocycles. The van der Waals surface area contributed by atoms with Gasteiger partial charge in [0.2, 0.25) is 0 Å². The Balaban J connectivity index is 2.21. The van der Waals surface area contributed by atoms with Gasteiger partial charge in [0, 0.05) is 13.1 Å². The summed E-state index contributed by atoms with van der Waals surface area (Å²) in [6.45, 7) is 6.02. The molecule has 1 N–H and O–H groups in total. The third-order valence-corrected chi connectivity index (χ3v) is 1.55. The van der Waals surface area contributed by atoms with E-state index < -0.39 is 0 Å². The Bertz CT molecular complexity index is 116. The quantitative estimate of drug-likeness (QED) is 0.556. The van der Waals surface area contributed by atoms with E-state index in [-0.39, 0.29) is 12.7 Å². The van der Waals surface area contributed by atoms with Crippen molar-refractivity contribution in [1.29, 1.82) is 0 Å². The average Bonchev–Trinajstić information content (AvgIpc) is 2.37. The summed E-state index contributed by atoms with van der Waals surface area (Å²) in [5.41, 5.74) is 0. The van der Waals surface area contributed by atoms with Crippen molar-refractivity contribution in [3.05, 3.63) is 12.7 Å². The van der Waals surface area contributed by atoms with E-state index in [1.165, 1.54) is 0 Å². The van der Waals surface area contributed by atoms with Crippen LogP contribution in [0.5, 0.6) is 0 Å². The van der Waals surface area contributed by atoms with E-state index in [0.717, 1.165) is 13.1 Å². The first kappa shape index (κ1) is 7.72. The van der Waals surface area contributed by atoms with Crippen LogP contribution >= 0.6 is 0 Å². The molecular formula is C7H13NO2. The maximum absolute atomic E-state index is 8.67. The van der Waals surface area contributed by atoms with Gasteiger partial charge in [-0.1, -0.05) is 6.08 Å². The smallest absolute Gasteiger partial charge is 0.0999 e. The van der Waals surface area contributed by atoms with Crippen LogP contribution in [-0.4, -0.2) is 42.5 Å². The summed E-state index contributed by atoms with van der Waals surface area (Å²) >= 11 is 0. The van der Waals surface area contributed by atoms with Gasteiger partial charge in [0.1, 0.15) is 0 Å². The van der Waals surface area contributed by atoms with Crippen LogP contribution in [0.3, 0.4) is 0 Å². The molecule has 10 heavy (non-hydrogen) atoms. The lowest BCUT2D eigenvalue weighted by Crippen LogP contribution is -2.23. The van der Waals surface area contributed by atoms with E-state index in [9.17, 15) is 0 Å². The van der Waals surface area contributed by atoms with Gasteiger partial charge in [-0.2, -0.15) is 0 Å². The Kier molecular flexibility index (Phi) is 2.86. The standard InChI is InChI=1S/C7H13NO2/c1-2-3-8-4-7(5-9)10-6-8/h2,7,9H,1,3-6H2. The summed E-state index contributed by atoms with van der Waals surface area (Å²) in [6.07, 6.45) is 1.85. The van der Waals surface area contributed by atoms with Gasteiger partial charge >= 0.3 is 0 Å². The topological polar surface area (TPSA) is 32.7 Å². The number of nitrogens with zero attached hydrogens (tertiary/aromatic N) is 1. The second kappa shape index (κ2) is 3.71. The maximum atomic E-state index is 8.67. The number of rotatable bonds is 3. The Labute approximate surface area is 60.9 Å². The lowest BCUT2D eigenvalue weighted by atomic mass is 10.4. The van der Waals surface area contributed by atoms with E-state index >= 15 is 0 Å². The molecule has 0 amide bonds. The van der Waals surface area contributed by atoms with Crippen LogP contribution in [0.4, 0.5) is 0 Å². The molecule has 0 aromatic rings. The van der Waals surface area contributed by atoms with E-state index in [1.807, 2.05) is 6.08 Å². The Hall–Kier alpha value is -0.380. The van der Waals surface area contributed by atoms with Crippen molar-refractivity contribution in [1.82, 2.24) is 4.90 Å². The van der Waals surface area contributed by atoms with Crippen molar-refractivity contribution < 1.29 is 9.84 Å². The van der Waals surface area contributed by atoms with Crippen molar-refractivity contribution in [2.75, 3.05) is 26.4 Å². The van der Waals surface area contributed by atoms with Crippen LogP contribution in [0.2, 0.25) is 0 Å². The Morgan fingerprint density at radius 1 is 1.80 bits per heavy atom. The van der Waals surface area contributed by atoms with E-state index in [4.69, 9.17) is 9.84 Å². The third-order valence-electron chi connectivity index (χ3n) is 1.55. The first-order chi connectivity index (χ1) is 4.86. The average molecular weight is 143 g/mol. The number of aliphatic hydroxyl groups is 1. The number of aliphatic hydroxyl groups excluding tert-OH is 1. The molecule has 3 nitrogen and oxygen atoms in total. The van der Waals surface area contributed by atoms with Crippen LogP contribution in [0, 0.1) is 0 Å². The number of hydrogen-bond acceptors (Lipinski definition) is 3. The Morgan fingerprint density at radius 3 is 3.10 bits per heavy atom. The first-order valence-electron chi connectivity index (χ1n) is 3.42. The van der Waals surface area contributed by atoms with E-state index in [0.29, 0.717) is 6.73 Å². The maximum Gasteiger partial charge on any atom is 0.0999 e. The van der Waals surface area contributed by atoms with E-state index in [2.05, 4.69) is 11.5 Å². The number of ether oxygens (including phenoxy) is 1. The van der Waals surface area contributed by atoms with Gasteiger partial charge in [0.05, 0.1) is 19.4 Å². The molecule has 3 heteroatoms. The highest BCUT2D eigenvalue weighted by atomic mass is 16.5. The third kappa shape index (κ3) is 1.80. The van der Waals surface area contributed by atoms with Crippen LogP contribution in [0.15, 0.2) is 12.7 Å². The first-order valence-corrected chi connectivity index (χ1v) is 3.42. The van der Waals surface area contributed by atoms with Gasteiger partial charge in [0.15, 0.2) is 0 Å². The second-order valence-electron chi connectivity index (χ2n) is 2.42. The predicted octanol–water partition coefficient (Wildman–Crippen LogP) is -0.177. The van der Waals surface area contributed by atoms with Crippen LogP contribution in [-0.2, 0) is 4.74 Å².